The molecular weight excluding hydrogens is 285 g/mol. The van der Waals surface area contributed by atoms with Crippen LogP contribution in [0.5, 0.6) is 0 Å². The summed E-state index contributed by atoms with van der Waals surface area (Å²) in [6.07, 6.45) is -2.91. The minimum Gasteiger partial charge on any atom is -0.397 e. The molecule has 3 heterocycles. The van der Waals surface area contributed by atoms with Gasteiger partial charge in [0.15, 0.2) is 0 Å². The second-order valence-corrected chi connectivity index (χ2v) is 4.88. The fourth-order valence-electron chi connectivity index (χ4n) is 2.31. The first-order valence-corrected chi connectivity index (χ1v) is 6.35. The third-order valence-electron chi connectivity index (χ3n) is 3.32. The third kappa shape index (κ3) is 2.82. The lowest BCUT2D eigenvalue weighted by Gasteiger charge is -2.27. The normalized spacial score (nSPS) is 16.0. The Labute approximate surface area is 118 Å². The third-order valence-corrected chi connectivity index (χ3v) is 3.32. The summed E-state index contributed by atoms with van der Waals surface area (Å²) in [4.78, 5) is 6.16. The van der Waals surface area contributed by atoms with Gasteiger partial charge in [0.05, 0.1) is 24.1 Å². The number of halogens is 3. The molecule has 0 amide bonds. The summed E-state index contributed by atoms with van der Waals surface area (Å²) in [5.41, 5.74) is 6.95. The summed E-state index contributed by atoms with van der Waals surface area (Å²) in [5, 5.41) is 6.89. The molecule has 21 heavy (non-hydrogen) atoms. The Balaban J connectivity index is 1.73. The van der Waals surface area contributed by atoms with Crippen molar-refractivity contribution in [3.05, 3.63) is 35.7 Å². The van der Waals surface area contributed by atoms with Gasteiger partial charge in [-0.15, -0.1) is 10.2 Å². The molecule has 2 aromatic rings. The molecule has 3 rings (SSSR count). The standard InChI is InChI=1S/C12H13F3N6/c13-12(14,15)11-19-18-10-7-20(3-4-21(10)11)6-9-2-1-8(16)5-17-9/h1-2,5H,3-4,6-7,16H2. The van der Waals surface area contributed by atoms with Gasteiger partial charge in [0.1, 0.15) is 5.82 Å². The quantitative estimate of drug-likeness (QED) is 0.904. The molecule has 112 valence electrons. The maximum absolute atomic E-state index is 12.7. The minimum absolute atomic E-state index is 0.214. The van der Waals surface area contributed by atoms with Crippen LogP contribution >= 0.6 is 0 Å². The second kappa shape index (κ2) is 4.99. The van der Waals surface area contributed by atoms with Gasteiger partial charge in [0, 0.05) is 19.6 Å². The van der Waals surface area contributed by atoms with Crippen molar-refractivity contribution in [2.24, 2.45) is 0 Å². The predicted octanol–water partition coefficient (Wildman–Crippen LogP) is 1.29. The highest BCUT2D eigenvalue weighted by Gasteiger charge is 2.39. The van der Waals surface area contributed by atoms with Crippen molar-refractivity contribution in [3.8, 4) is 0 Å². The number of alkyl halides is 3. The maximum atomic E-state index is 12.7. The van der Waals surface area contributed by atoms with Crippen molar-refractivity contribution >= 4 is 5.69 Å². The molecule has 0 atom stereocenters. The average Bonchev–Trinajstić information content (AvgIpc) is 2.84. The minimum atomic E-state index is -4.47. The Kier molecular flexibility index (Phi) is 3.28. The van der Waals surface area contributed by atoms with Gasteiger partial charge in [-0.25, -0.2) is 0 Å². The monoisotopic (exact) mass is 298 g/mol. The van der Waals surface area contributed by atoms with E-state index < -0.39 is 12.0 Å². The molecule has 0 aromatic carbocycles. The van der Waals surface area contributed by atoms with Gasteiger partial charge in [-0.05, 0) is 12.1 Å². The molecule has 1 aliphatic heterocycles. The Bertz CT molecular complexity index is 633. The number of hydrogen-bond donors (Lipinski definition) is 1. The van der Waals surface area contributed by atoms with Gasteiger partial charge in [-0.1, -0.05) is 0 Å². The van der Waals surface area contributed by atoms with Gasteiger partial charge in [-0.3, -0.25) is 9.88 Å². The number of anilines is 1. The largest absolute Gasteiger partial charge is 0.451 e. The van der Waals surface area contributed by atoms with E-state index in [0.717, 1.165) is 10.3 Å². The molecule has 0 radical (unpaired) electrons. The predicted molar refractivity (Wildman–Crippen MR) is 67.8 cm³/mol. The zero-order valence-corrected chi connectivity index (χ0v) is 11.0. The van der Waals surface area contributed by atoms with Crippen LogP contribution in [0.4, 0.5) is 18.9 Å². The van der Waals surface area contributed by atoms with Crippen molar-refractivity contribution in [3.63, 3.8) is 0 Å². The molecule has 0 fully saturated rings. The highest BCUT2D eigenvalue weighted by molar-refractivity contribution is 5.34. The Morgan fingerprint density at radius 3 is 2.67 bits per heavy atom. The Hall–Kier alpha value is -2.16. The number of fused-ring (bicyclic) bond motifs is 1. The molecule has 2 aromatic heterocycles. The molecule has 9 heteroatoms. The van der Waals surface area contributed by atoms with Crippen molar-refractivity contribution in [1.82, 2.24) is 24.6 Å². The van der Waals surface area contributed by atoms with Crippen LogP contribution < -0.4 is 5.73 Å². The van der Waals surface area contributed by atoms with Gasteiger partial charge in [0.25, 0.3) is 0 Å². The van der Waals surface area contributed by atoms with Gasteiger partial charge in [0.2, 0.25) is 5.82 Å². The second-order valence-electron chi connectivity index (χ2n) is 4.88. The first-order valence-electron chi connectivity index (χ1n) is 6.35. The van der Waals surface area contributed by atoms with E-state index in [4.69, 9.17) is 5.73 Å². The fourth-order valence-corrected chi connectivity index (χ4v) is 2.31. The lowest BCUT2D eigenvalue weighted by atomic mass is 10.3. The van der Waals surface area contributed by atoms with E-state index in [-0.39, 0.29) is 6.54 Å². The van der Waals surface area contributed by atoms with E-state index in [0.29, 0.717) is 31.1 Å². The van der Waals surface area contributed by atoms with Crippen molar-refractivity contribution in [1.29, 1.82) is 0 Å². The first kappa shape index (κ1) is 13.8. The van der Waals surface area contributed by atoms with Crippen molar-refractivity contribution < 1.29 is 13.2 Å². The summed E-state index contributed by atoms with van der Waals surface area (Å²) < 4.78 is 39.3. The number of nitrogen functional groups attached to an aromatic ring is 1. The zero-order chi connectivity index (χ0) is 15.0. The smallest absolute Gasteiger partial charge is 0.397 e. The van der Waals surface area contributed by atoms with Crippen LogP contribution in [0.2, 0.25) is 0 Å². The van der Waals surface area contributed by atoms with E-state index in [9.17, 15) is 13.2 Å². The van der Waals surface area contributed by atoms with Gasteiger partial charge >= 0.3 is 6.18 Å². The molecule has 2 N–H and O–H groups in total. The summed E-state index contributed by atoms with van der Waals surface area (Å²) >= 11 is 0. The van der Waals surface area contributed by atoms with E-state index in [2.05, 4.69) is 15.2 Å². The van der Waals surface area contributed by atoms with Crippen LogP contribution in [0.25, 0.3) is 0 Å². The number of hydrogen-bond acceptors (Lipinski definition) is 5. The van der Waals surface area contributed by atoms with E-state index in [1.165, 1.54) is 0 Å². The maximum Gasteiger partial charge on any atom is 0.451 e. The lowest BCUT2D eigenvalue weighted by Crippen LogP contribution is -2.35. The van der Waals surface area contributed by atoms with Gasteiger partial charge < -0.3 is 10.3 Å². The van der Waals surface area contributed by atoms with E-state index >= 15 is 0 Å². The SMILES string of the molecule is Nc1ccc(CN2CCn3c(nnc3C(F)(F)F)C2)nc1. The summed E-state index contributed by atoms with van der Waals surface area (Å²) in [7, 11) is 0. The van der Waals surface area contributed by atoms with Crippen LogP contribution in [-0.4, -0.2) is 31.2 Å². The van der Waals surface area contributed by atoms with Crippen molar-refractivity contribution in [2.75, 3.05) is 12.3 Å². The lowest BCUT2D eigenvalue weighted by molar-refractivity contribution is -0.148. The van der Waals surface area contributed by atoms with Crippen LogP contribution in [-0.2, 0) is 25.8 Å². The number of rotatable bonds is 2. The Morgan fingerprint density at radius 1 is 1.19 bits per heavy atom. The Morgan fingerprint density at radius 2 is 2.00 bits per heavy atom. The van der Waals surface area contributed by atoms with E-state index in [1.54, 1.807) is 18.3 Å². The molecular formula is C12H13F3N6. The number of nitrogens with zero attached hydrogens (tertiary/aromatic N) is 5. The summed E-state index contributed by atoms with van der Waals surface area (Å²) in [6.45, 7) is 1.55. The molecule has 0 bridgehead atoms. The topological polar surface area (TPSA) is 72.9 Å². The summed E-state index contributed by atoms with van der Waals surface area (Å²) in [6, 6.07) is 3.55. The molecule has 6 nitrogen and oxygen atoms in total. The number of nitrogens with two attached hydrogens (primary N) is 1. The van der Waals surface area contributed by atoms with Crippen LogP contribution in [0, 0.1) is 0 Å². The van der Waals surface area contributed by atoms with Crippen molar-refractivity contribution in [2.45, 2.75) is 25.8 Å². The fraction of sp³-hybridized carbons (Fsp3) is 0.417. The zero-order valence-electron chi connectivity index (χ0n) is 11.0. The van der Waals surface area contributed by atoms with Crippen LogP contribution in [0.3, 0.4) is 0 Å². The highest BCUT2D eigenvalue weighted by Crippen LogP contribution is 2.29. The summed E-state index contributed by atoms with van der Waals surface area (Å²) in [5.74, 6) is -0.605. The first-order chi connectivity index (χ1) is 9.93. The molecule has 0 saturated carbocycles. The molecule has 1 aliphatic rings. The molecule has 0 aliphatic carbocycles. The number of aromatic nitrogens is 4. The van der Waals surface area contributed by atoms with Crippen LogP contribution in [0.1, 0.15) is 17.3 Å². The average molecular weight is 298 g/mol. The molecule has 0 spiro atoms. The van der Waals surface area contributed by atoms with E-state index in [1.807, 2.05) is 4.90 Å². The molecule has 0 unspecified atom stereocenters. The molecule has 0 saturated heterocycles. The van der Waals surface area contributed by atoms with Gasteiger partial charge in [-0.2, -0.15) is 13.2 Å². The number of pyridine rings is 1. The highest BCUT2D eigenvalue weighted by atomic mass is 19.4. The van der Waals surface area contributed by atoms with Crippen LogP contribution in [0.15, 0.2) is 18.3 Å².